The smallest absolute Gasteiger partial charge is 0.405 e. The molecule has 31 heavy (non-hydrogen) atoms. The molecule has 0 radical (unpaired) electrons. The Bertz CT molecular complexity index is 1140. The molecule has 1 heterocycles. The van der Waals surface area contributed by atoms with Crippen LogP contribution in [0.3, 0.4) is 0 Å². The lowest BCUT2D eigenvalue weighted by Crippen LogP contribution is -2.44. The van der Waals surface area contributed by atoms with Crippen LogP contribution in [0, 0.1) is 6.92 Å². The molecule has 1 N–H and O–H groups in total. The van der Waals surface area contributed by atoms with Crippen molar-refractivity contribution in [2.45, 2.75) is 19.2 Å². The molecule has 164 valence electrons. The topological polar surface area (TPSA) is 77.8 Å². The second kappa shape index (κ2) is 9.22. The minimum Gasteiger partial charge on any atom is -0.478 e. The molecular weight excluding hydrogens is 415 g/mol. The van der Waals surface area contributed by atoms with Crippen molar-refractivity contribution in [1.29, 1.82) is 0 Å². The number of methoxy groups -OCH3 is 1. The molecule has 0 aliphatic rings. The zero-order valence-corrected chi connectivity index (χ0v) is 16.8. The van der Waals surface area contributed by atoms with Gasteiger partial charge in [-0.1, -0.05) is 24.3 Å². The Balaban J connectivity index is 1.92. The summed E-state index contributed by atoms with van der Waals surface area (Å²) in [5, 5.41) is 2.41. The molecule has 1 aromatic heterocycles. The van der Waals surface area contributed by atoms with Gasteiger partial charge in [-0.05, 0) is 30.2 Å². The number of halogens is 3. The first-order chi connectivity index (χ1) is 14.7. The van der Waals surface area contributed by atoms with E-state index >= 15 is 0 Å². The molecule has 0 aliphatic carbocycles. The summed E-state index contributed by atoms with van der Waals surface area (Å²) in [6.45, 7) is 0.166. The molecule has 2 aromatic carbocycles. The van der Waals surface area contributed by atoms with E-state index in [0.717, 1.165) is 11.1 Å². The highest BCUT2D eigenvalue weighted by atomic mass is 19.4. The molecule has 0 saturated carbocycles. The second-order valence-electron chi connectivity index (χ2n) is 6.85. The third kappa shape index (κ3) is 5.64. The molecule has 1 amide bonds. The fourth-order valence-corrected chi connectivity index (χ4v) is 3.09. The van der Waals surface area contributed by atoms with Crippen LogP contribution in [-0.2, 0) is 9.53 Å². The molecule has 1 unspecified atom stereocenters. The normalized spacial score (nSPS) is 12.5. The van der Waals surface area contributed by atoms with Crippen molar-refractivity contribution in [3.63, 3.8) is 0 Å². The number of amides is 1. The number of carbonyl (C=O) groups excluding carboxylic acids is 1. The van der Waals surface area contributed by atoms with Crippen LogP contribution in [0.1, 0.15) is 5.56 Å². The van der Waals surface area contributed by atoms with Gasteiger partial charge < -0.3 is 19.2 Å². The number of nitrogens with one attached hydrogen (secondary N) is 1. The maximum atomic E-state index is 12.4. The maximum absolute atomic E-state index is 12.4. The lowest BCUT2D eigenvalue weighted by molar-refractivity contribution is -0.144. The summed E-state index contributed by atoms with van der Waals surface area (Å²) < 4.78 is 52.8. The average molecular weight is 435 g/mol. The highest BCUT2D eigenvalue weighted by Gasteiger charge is 2.30. The molecule has 3 aromatic rings. The SMILES string of the molecule is COCC(Oc1ccc2c(-c3ccccc3C)cc(=O)oc2c1)C(=O)NCC(F)(F)F. The van der Waals surface area contributed by atoms with E-state index in [1.54, 1.807) is 17.4 Å². The Morgan fingerprint density at radius 1 is 1.13 bits per heavy atom. The monoisotopic (exact) mass is 435 g/mol. The van der Waals surface area contributed by atoms with E-state index in [0.29, 0.717) is 10.9 Å². The zero-order chi connectivity index (χ0) is 22.6. The van der Waals surface area contributed by atoms with E-state index in [4.69, 9.17) is 13.9 Å². The number of fused-ring (bicyclic) bond motifs is 1. The first-order valence-electron chi connectivity index (χ1n) is 9.32. The molecule has 0 aliphatic heterocycles. The summed E-state index contributed by atoms with van der Waals surface area (Å²) in [5.74, 6) is -0.837. The number of benzene rings is 2. The van der Waals surface area contributed by atoms with Crippen molar-refractivity contribution in [2.24, 2.45) is 0 Å². The number of alkyl halides is 3. The highest BCUT2D eigenvalue weighted by molar-refractivity contribution is 5.94. The summed E-state index contributed by atoms with van der Waals surface area (Å²) in [6, 6.07) is 13.6. The minimum absolute atomic E-state index is 0.141. The molecular formula is C22H20F3NO5. The molecule has 0 fully saturated rings. The number of hydrogen-bond acceptors (Lipinski definition) is 5. The number of ether oxygens (including phenoxy) is 2. The van der Waals surface area contributed by atoms with Crippen LogP contribution >= 0.6 is 0 Å². The van der Waals surface area contributed by atoms with Crippen molar-refractivity contribution in [3.05, 3.63) is 64.5 Å². The fourth-order valence-electron chi connectivity index (χ4n) is 3.09. The van der Waals surface area contributed by atoms with E-state index in [9.17, 15) is 22.8 Å². The molecule has 0 spiro atoms. The van der Waals surface area contributed by atoms with Crippen LogP contribution in [0.2, 0.25) is 0 Å². The third-order valence-electron chi connectivity index (χ3n) is 4.50. The summed E-state index contributed by atoms with van der Waals surface area (Å²) in [5.41, 5.74) is 2.15. The Hall–Kier alpha value is -3.33. The molecule has 0 saturated heterocycles. The van der Waals surface area contributed by atoms with Crippen LogP contribution in [0.5, 0.6) is 5.75 Å². The third-order valence-corrected chi connectivity index (χ3v) is 4.50. The number of aryl methyl sites for hydroxylation is 1. The second-order valence-corrected chi connectivity index (χ2v) is 6.85. The van der Waals surface area contributed by atoms with E-state index in [-0.39, 0.29) is 17.9 Å². The van der Waals surface area contributed by atoms with Crippen LogP contribution in [0.15, 0.2) is 57.7 Å². The van der Waals surface area contributed by atoms with Crippen LogP contribution in [-0.4, -0.2) is 38.4 Å². The van der Waals surface area contributed by atoms with Crippen molar-refractivity contribution in [3.8, 4) is 16.9 Å². The average Bonchev–Trinajstić information content (AvgIpc) is 2.70. The van der Waals surface area contributed by atoms with Crippen molar-refractivity contribution in [1.82, 2.24) is 5.32 Å². The Morgan fingerprint density at radius 3 is 2.55 bits per heavy atom. The number of carbonyl (C=O) groups is 1. The predicted octanol–water partition coefficient (Wildman–Crippen LogP) is 3.84. The molecule has 1 atom stereocenters. The first-order valence-corrected chi connectivity index (χ1v) is 9.32. The van der Waals surface area contributed by atoms with Gasteiger partial charge in [0.15, 0.2) is 6.10 Å². The molecule has 9 heteroatoms. The quantitative estimate of drug-likeness (QED) is 0.571. The Morgan fingerprint density at radius 2 is 1.87 bits per heavy atom. The summed E-state index contributed by atoms with van der Waals surface area (Å²) >= 11 is 0. The minimum atomic E-state index is -4.55. The van der Waals surface area contributed by atoms with Crippen molar-refractivity contribution >= 4 is 16.9 Å². The highest BCUT2D eigenvalue weighted by Crippen LogP contribution is 2.31. The van der Waals surface area contributed by atoms with Gasteiger partial charge in [-0.15, -0.1) is 0 Å². The first kappa shape index (κ1) is 22.4. The molecule has 6 nitrogen and oxygen atoms in total. The van der Waals surface area contributed by atoms with Gasteiger partial charge in [-0.3, -0.25) is 4.79 Å². The van der Waals surface area contributed by atoms with Gasteiger partial charge in [0.05, 0.1) is 6.61 Å². The van der Waals surface area contributed by atoms with Gasteiger partial charge in [-0.25, -0.2) is 4.79 Å². The van der Waals surface area contributed by atoms with Gasteiger partial charge >= 0.3 is 11.8 Å². The van der Waals surface area contributed by atoms with Crippen LogP contribution in [0.25, 0.3) is 22.1 Å². The van der Waals surface area contributed by atoms with Gasteiger partial charge in [0.25, 0.3) is 5.91 Å². The van der Waals surface area contributed by atoms with Gasteiger partial charge in [0.1, 0.15) is 17.9 Å². The zero-order valence-electron chi connectivity index (χ0n) is 16.8. The predicted molar refractivity (Wildman–Crippen MR) is 108 cm³/mol. The standard InChI is InChI=1S/C22H20F3NO5/c1-13-5-3-4-6-15(13)17-10-20(27)31-18-9-14(7-8-16(17)18)30-19(11-29-2)21(28)26-12-22(23,24)25/h3-10,19H,11-12H2,1-2H3,(H,26,28). The van der Waals surface area contributed by atoms with Gasteiger partial charge in [0, 0.05) is 30.2 Å². The lowest BCUT2D eigenvalue weighted by Gasteiger charge is -2.19. The maximum Gasteiger partial charge on any atom is 0.405 e. The van der Waals surface area contributed by atoms with E-state index in [2.05, 4.69) is 0 Å². The largest absolute Gasteiger partial charge is 0.478 e. The van der Waals surface area contributed by atoms with Crippen LogP contribution in [0.4, 0.5) is 13.2 Å². The van der Waals surface area contributed by atoms with Crippen molar-refractivity contribution < 1.29 is 31.9 Å². The summed E-state index contributed by atoms with van der Waals surface area (Å²) in [6.07, 6.45) is -5.87. The summed E-state index contributed by atoms with van der Waals surface area (Å²) in [7, 11) is 1.29. The van der Waals surface area contributed by atoms with Gasteiger partial charge in [0.2, 0.25) is 0 Å². The van der Waals surface area contributed by atoms with E-state index < -0.39 is 30.4 Å². The van der Waals surface area contributed by atoms with E-state index in [1.165, 1.54) is 19.2 Å². The number of hydrogen-bond donors (Lipinski definition) is 1. The Labute approximate surface area is 175 Å². The lowest BCUT2D eigenvalue weighted by atomic mass is 9.98. The summed E-state index contributed by atoms with van der Waals surface area (Å²) in [4.78, 5) is 24.2. The van der Waals surface area contributed by atoms with Crippen LogP contribution < -0.4 is 15.7 Å². The molecule has 3 rings (SSSR count). The molecule has 0 bridgehead atoms. The van der Waals surface area contributed by atoms with E-state index in [1.807, 2.05) is 31.2 Å². The Kier molecular flexibility index (Phi) is 6.65. The van der Waals surface area contributed by atoms with Gasteiger partial charge in [-0.2, -0.15) is 13.2 Å². The van der Waals surface area contributed by atoms with Crippen molar-refractivity contribution in [2.75, 3.05) is 20.3 Å². The fraction of sp³-hybridized carbons (Fsp3) is 0.273. The number of rotatable bonds is 7.